The fourth-order valence-electron chi connectivity index (χ4n) is 0.444. The zero-order valence-electron chi connectivity index (χ0n) is 8.37. The van der Waals surface area contributed by atoms with Crippen molar-refractivity contribution in [1.29, 1.82) is 0 Å². The predicted molar refractivity (Wildman–Crippen MR) is 54.8 cm³/mol. The molecule has 0 heterocycles. The SMILES string of the molecule is C=CCOCC=C.CCOCCO. The highest BCUT2D eigenvalue weighted by Gasteiger charge is 1.73. The Bertz CT molecular complexity index is 90.3. The molecule has 0 unspecified atom stereocenters. The summed E-state index contributed by atoms with van der Waals surface area (Å²) in [6.07, 6.45) is 3.42. The highest BCUT2D eigenvalue weighted by molar-refractivity contribution is 4.68. The van der Waals surface area contributed by atoms with E-state index in [1.807, 2.05) is 6.92 Å². The second-order valence-electron chi connectivity index (χ2n) is 2.04. The lowest BCUT2D eigenvalue weighted by Gasteiger charge is -1.91. The Labute approximate surface area is 80.7 Å². The van der Waals surface area contributed by atoms with E-state index in [0.29, 0.717) is 26.4 Å². The smallest absolute Gasteiger partial charge is 0.0697 e. The molecule has 0 rings (SSSR count). The number of ether oxygens (including phenoxy) is 2. The normalized spacial score (nSPS) is 8.46. The molecule has 0 bridgehead atoms. The van der Waals surface area contributed by atoms with Crippen molar-refractivity contribution in [3.05, 3.63) is 25.3 Å². The summed E-state index contributed by atoms with van der Waals surface area (Å²) < 4.78 is 9.63. The van der Waals surface area contributed by atoms with Gasteiger partial charge in [-0.2, -0.15) is 0 Å². The molecule has 0 saturated heterocycles. The molecule has 0 aromatic rings. The topological polar surface area (TPSA) is 38.7 Å². The van der Waals surface area contributed by atoms with Gasteiger partial charge in [0.25, 0.3) is 0 Å². The molecule has 0 aliphatic rings. The van der Waals surface area contributed by atoms with Crippen LogP contribution in [0.3, 0.4) is 0 Å². The van der Waals surface area contributed by atoms with Crippen molar-refractivity contribution in [3.63, 3.8) is 0 Å². The van der Waals surface area contributed by atoms with Crippen LogP contribution >= 0.6 is 0 Å². The average molecular weight is 188 g/mol. The lowest BCUT2D eigenvalue weighted by molar-refractivity contribution is 0.102. The molecule has 3 heteroatoms. The first kappa shape index (κ1) is 14.9. The van der Waals surface area contributed by atoms with Gasteiger partial charge in [0, 0.05) is 6.61 Å². The fourth-order valence-corrected chi connectivity index (χ4v) is 0.444. The molecule has 0 amide bonds. The van der Waals surface area contributed by atoms with Crippen molar-refractivity contribution >= 4 is 0 Å². The summed E-state index contributed by atoms with van der Waals surface area (Å²) >= 11 is 0. The van der Waals surface area contributed by atoms with E-state index in [0.717, 1.165) is 0 Å². The predicted octanol–water partition coefficient (Wildman–Crippen LogP) is 1.39. The summed E-state index contributed by atoms with van der Waals surface area (Å²) in [4.78, 5) is 0. The zero-order valence-corrected chi connectivity index (χ0v) is 8.37. The van der Waals surface area contributed by atoms with Crippen LogP contribution in [0.25, 0.3) is 0 Å². The van der Waals surface area contributed by atoms with Gasteiger partial charge in [0.05, 0.1) is 26.4 Å². The van der Waals surface area contributed by atoms with Crippen LogP contribution in [0.1, 0.15) is 6.92 Å². The Balaban J connectivity index is 0. The Hall–Kier alpha value is -0.640. The second kappa shape index (κ2) is 17.4. The standard InChI is InChI=1S/C6H10O.C4H10O2/c1-3-5-7-6-4-2;1-2-6-4-3-5/h3-4H,1-2,5-6H2;5H,2-4H2,1H3. The Morgan fingerprint density at radius 1 is 1.15 bits per heavy atom. The van der Waals surface area contributed by atoms with E-state index >= 15 is 0 Å². The van der Waals surface area contributed by atoms with E-state index in [-0.39, 0.29) is 6.61 Å². The Kier molecular flexibility index (Phi) is 19.9. The van der Waals surface area contributed by atoms with Crippen molar-refractivity contribution in [2.45, 2.75) is 6.92 Å². The fraction of sp³-hybridized carbons (Fsp3) is 0.600. The monoisotopic (exact) mass is 188 g/mol. The maximum absolute atomic E-state index is 8.07. The number of hydrogen-bond donors (Lipinski definition) is 1. The molecule has 0 aromatic carbocycles. The van der Waals surface area contributed by atoms with Crippen LogP contribution in [-0.4, -0.2) is 38.1 Å². The zero-order chi connectivity index (χ0) is 10.4. The third-order valence-electron chi connectivity index (χ3n) is 0.911. The minimum absolute atomic E-state index is 0.133. The van der Waals surface area contributed by atoms with Crippen LogP contribution in [0.15, 0.2) is 25.3 Å². The third-order valence-corrected chi connectivity index (χ3v) is 0.911. The molecule has 0 spiro atoms. The Morgan fingerprint density at radius 2 is 1.69 bits per heavy atom. The van der Waals surface area contributed by atoms with Gasteiger partial charge in [-0.1, -0.05) is 12.2 Å². The summed E-state index contributed by atoms with van der Waals surface area (Å²) in [5.41, 5.74) is 0. The van der Waals surface area contributed by atoms with Gasteiger partial charge in [0.15, 0.2) is 0 Å². The lowest BCUT2D eigenvalue weighted by Crippen LogP contribution is -1.96. The molecule has 78 valence electrons. The number of aliphatic hydroxyl groups excluding tert-OH is 1. The molecular weight excluding hydrogens is 168 g/mol. The summed E-state index contributed by atoms with van der Waals surface area (Å²) in [7, 11) is 0. The number of hydrogen-bond acceptors (Lipinski definition) is 3. The third kappa shape index (κ3) is 24.6. The molecular formula is C10H20O3. The van der Waals surface area contributed by atoms with Crippen molar-refractivity contribution in [1.82, 2.24) is 0 Å². The van der Waals surface area contributed by atoms with Crippen molar-refractivity contribution in [2.75, 3.05) is 33.0 Å². The van der Waals surface area contributed by atoms with E-state index in [4.69, 9.17) is 14.6 Å². The summed E-state index contributed by atoms with van der Waals surface area (Å²) in [6, 6.07) is 0. The van der Waals surface area contributed by atoms with Gasteiger partial charge in [0.2, 0.25) is 0 Å². The van der Waals surface area contributed by atoms with Gasteiger partial charge < -0.3 is 14.6 Å². The van der Waals surface area contributed by atoms with Crippen molar-refractivity contribution in [2.24, 2.45) is 0 Å². The molecule has 0 aromatic heterocycles. The second-order valence-corrected chi connectivity index (χ2v) is 2.04. The largest absolute Gasteiger partial charge is 0.394 e. The van der Waals surface area contributed by atoms with Crippen LogP contribution in [-0.2, 0) is 9.47 Å². The van der Waals surface area contributed by atoms with Gasteiger partial charge in [-0.25, -0.2) is 0 Å². The first-order chi connectivity index (χ1) is 6.33. The molecule has 1 N–H and O–H groups in total. The molecule has 0 aliphatic carbocycles. The molecule has 0 aliphatic heterocycles. The van der Waals surface area contributed by atoms with Gasteiger partial charge in [-0.3, -0.25) is 0 Å². The molecule has 0 radical (unpaired) electrons. The van der Waals surface area contributed by atoms with Gasteiger partial charge >= 0.3 is 0 Å². The summed E-state index contributed by atoms with van der Waals surface area (Å²) in [5, 5.41) is 8.07. The summed E-state index contributed by atoms with van der Waals surface area (Å²) in [6.45, 7) is 11.4. The van der Waals surface area contributed by atoms with E-state index in [9.17, 15) is 0 Å². The van der Waals surface area contributed by atoms with E-state index < -0.39 is 0 Å². The van der Waals surface area contributed by atoms with E-state index in [1.165, 1.54) is 0 Å². The van der Waals surface area contributed by atoms with Crippen LogP contribution in [0.2, 0.25) is 0 Å². The van der Waals surface area contributed by atoms with Crippen LogP contribution < -0.4 is 0 Å². The first-order valence-corrected chi connectivity index (χ1v) is 4.31. The maximum atomic E-state index is 8.07. The summed E-state index contributed by atoms with van der Waals surface area (Å²) in [5.74, 6) is 0. The quantitative estimate of drug-likeness (QED) is 0.484. The molecule has 3 nitrogen and oxygen atoms in total. The highest BCUT2D eigenvalue weighted by Crippen LogP contribution is 1.72. The molecule has 0 fully saturated rings. The number of aliphatic hydroxyl groups is 1. The van der Waals surface area contributed by atoms with Crippen molar-refractivity contribution in [3.8, 4) is 0 Å². The van der Waals surface area contributed by atoms with Gasteiger partial charge in [0.1, 0.15) is 0 Å². The van der Waals surface area contributed by atoms with E-state index in [2.05, 4.69) is 13.2 Å². The van der Waals surface area contributed by atoms with Crippen molar-refractivity contribution < 1.29 is 14.6 Å². The maximum Gasteiger partial charge on any atom is 0.0697 e. The lowest BCUT2D eigenvalue weighted by atomic mass is 10.6. The van der Waals surface area contributed by atoms with Crippen LogP contribution in [0.4, 0.5) is 0 Å². The van der Waals surface area contributed by atoms with Gasteiger partial charge in [-0.15, -0.1) is 13.2 Å². The van der Waals surface area contributed by atoms with Gasteiger partial charge in [-0.05, 0) is 6.92 Å². The number of rotatable bonds is 7. The highest BCUT2D eigenvalue weighted by atomic mass is 16.5. The van der Waals surface area contributed by atoms with E-state index in [1.54, 1.807) is 12.2 Å². The average Bonchev–Trinajstić information content (AvgIpc) is 2.17. The van der Waals surface area contributed by atoms with Crippen LogP contribution in [0, 0.1) is 0 Å². The first-order valence-electron chi connectivity index (χ1n) is 4.31. The Morgan fingerprint density at radius 3 is 1.92 bits per heavy atom. The molecule has 13 heavy (non-hydrogen) atoms. The minimum Gasteiger partial charge on any atom is -0.394 e. The minimum atomic E-state index is 0.133. The molecule has 0 atom stereocenters. The molecule has 0 saturated carbocycles. The van der Waals surface area contributed by atoms with Crippen LogP contribution in [0.5, 0.6) is 0 Å².